The number of fused-ring (bicyclic) bond motifs is 13. The van der Waals surface area contributed by atoms with Gasteiger partial charge in [-0.15, -0.1) is 11.3 Å². The first-order chi connectivity index (χ1) is 26.3. The molecule has 0 saturated heterocycles. The molecule has 0 atom stereocenters. The van der Waals surface area contributed by atoms with Crippen molar-refractivity contribution < 1.29 is 4.42 Å². The van der Waals surface area contributed by atoms with Crippen molar-refractivity contribution in [2.75, 3.05) is 0 Å². The van der Waals surface area contributed by atoms with E-state index < -0.39 is 0 Å². The first-order valence-corrected chi connectivity index (χ1v) is 18.8. The molecule has 0 radical (unpaired) electrons. The van der Waals surface area contributed by atoms with E-state index in [0.717, 1.165) is 71.6 Å². The van der Waals surface area contributed by atoms with Crippen molar-refractivity contribution in [3.05, 3.63) is 170 Å². The van der Waals surface area contributed by atoms with Crippen LogP contribution >= 0.6 is 11.3 Å². The number of nitrogens with zero attached hydrogens (tertiary/aromatic N) is 2. The van der Waals surface area contributed by atoms with Crippen molar-refractivity contribution in [2.45, 2.75) is 0 Å². The van der Waals surface area contributed by atoms with E-state index in [1.54, 1.807) is 0 Å². The van der Waals surface area contributed by atoms with Crippen LogP contribution in [0.4, 0.5) is 0 Å². The number of rotatable bonds is 3. The predicted molar refractivity (Wildman–Crippen MR) is 225 cm³/mol. The van der Waals surface area contributed by atoms with Crippen LogP contribution in [-0.4, -0.2) is 9.55 Å². The summed E-state index contributed by atoms with van der Waals surface area (Å²) in [6.07, 6.45) is 0. The fourth-order valence-corrected chi connectivity index (χ4v) is 9.91. The van der Waals surface area contributed by atoms with Crippen molar-refractivity contribution in [1.82, 2.24) is 9.55 Å². The van der Waals surface area contributed by atoms with Gasteiger partial charge in [0, 0.05) is 63.4 Å². The largest absolute Gasteiger partial charge is 0.454 e. The van der Waals surface area contributed by atoms with Crippen LogP contribution in [0, 0.1) is 0 Å². The Balaban J connectivity index is 1.21. The first-order valence-electron chi connectivity index (χ1n) is 18.0. The van der Waals surface area contributed by atoms with Gasteiger partial charge in [-0.3, -0.25) is 0 Å². The smallest absolute Gasteiger partial charge is 0.160 e. The van der Waals surface area contributed by atoms with E-state index in [1.165, 1.54) is 42.1 Å². The second-order valence-electron chi connectivity index (χ2n) is 13.8. The first kappa shape index (κ1) is 28.9. The summed E-state index contributed by atoms with van der Waals surface area (Å²) < 4.78 is 12.0. The molecule has 8 aromatic carbocycles. The lowest BCUT2D eigenvalue weighted by Gasteiger charge is -2.15. The Morgan fingerprint density at radius 2 is 1.19 bits per heavy atom. The Hall–Kier alpha value is -6.75. The normalized spacial score (nSPS) is 12.2. The number of para-hydroxylation sites is 3. The fraction of sp³-hybridized carbons (Fsp3) is 0. The molecule has 0 fully saturated rings. The standard InChI is InChI=1S/C49H28N2OS/c1-2-13-29(14-3-1)47-38-28-42(48-46(36-18-6-10-23-43(36)52-48)45(38)35-17-4-8-21-39(35)50-47)51-40-22-9-5-15-32(40)37-27-30(25-26-41(37)51)31-19-12-20-34-33-16-7-11-24-44(33)53-49(31)34/h1-28H. The summed E-state index contributed by atoms with van der Waals surface area (Å²) in [6, 6.07) is 61.0. The molecule has 4 aromatic heterocycles. The van der Waals surface area contributed by atoms with Gasteiger partial charge in [-0.1, -0.05) is 127 Å². The van der Waals surface area contributed by atoms with Gasteiger partial charge in [0.25, 0.3) is 0 Å². The molecule has 53 heavy (non-hydrogen) atoms. The molecule has 0 aliphatic carbocycles. The Morgan fingerprint density at radius 1 is 0.472 bits per heavy atom. The molecular formula is C49H28N2OS. The molecule has 0 spiro atoms. The maximum atomic E-state index is 6.94. The summed E-state index contributed by atoms with van der Waals surface area (Å²) in [6.45, 7) is 0. The van der Waals surface area contributed by atoms with Gasteiger partial charge in [0.2, 0.25) is 0 Å². The number of thiophene rings is 1. The van der Waals surface area contributed by atoms with Crippen LogP contribution in [0.25, 0.3) is 114 Å². The van der Waals surface area contributed by atoms with E-state index in [2.05, 4.69) is 174 Å². The highest BCUT2D eigenvalue weighted by Gasteiger charge is 2.24. The topological polar surface area (TPSA) is 31.0 Å². The average molecular weight is 693 g/mol. The summed E-state index contributed by atoms with van der Waals surface area (Å²) in [7, 11) is 0. The van der Waals surface area contributed by atoms with Crippen molar-refractivity contribution in [3.63, 3.8) is 0 Å². The highest BCUT2D eigenvalue weighted by atomic mass is 32.1. The molecule has 0 N–H and O–H groups in total. The van der Waals surface area contributed by atoms with E-state index >= 15 is 0 Å². The highest BCUT2D eigenvalue weighted by molar-refractivity contribution is 7.26. The van der Waals surface area contributed by atoms with E-state index in [1.807, 2.05) is 11.3 Å². The van der Waals surface area contributed by atoms with Crippen molar-refractivity contribution in [2.24, 2.45) is 0 Å². The minimum absolute atomic E-state index is 0.871. The zero-order valence-corrected chi connectivity index (χ0v) is 29.2. The maximum absolute atomic E-state index is 6.94. The van der Waals surface area contributed by atoms with Gasteiger partial charge in [-0.25, -0.2) is 4.98 Å². The number of furan rings is 1. The number of aromatic nitrogens is 2. The maximum Gasteiger partial charge on any atom is 0.160 e. The molecule has 0 aliphatic heterocycles. The fourth-order valence-electron chi connectivity index (χ4n) is 8.67. The van der Waals surface area contributed by atoms with Crippen LogP contribution in [0.2, 0.25) is 0 Å². The van der Waals surface area contributed by atoms with Crippen LogP contribution in [-0.2, 0) is 0 Å². The molecule has 0 aliphatic rings. The zero-order chi connectivity index (χ0) is 34.6. The third kappa shape index (κ3) is 4.07. The molecule has 0 unspecified atom stereocenters. The molecule has 0 bridgehead atoms. The minimum atomic E-state index is 0.871. The van der Waals surface area contributed by atoms with Gasteiger partial charge in [-0.2, -0.15) is 0 Å². The summed E-state index contributed by atoms with van der Waals surface area (Å²) in [5, 5.41) is 10.6. The summed E-state index contributed by atoms with van der Waals surface area (Å²) in [5.41, 5.74) is 10.5. The van der Waals surface area contributed by atoms with Gasteiger partial charge >= 0.3 is 0 Å². The van der Waals surface area contributed by atoms with Gasteiger partial charge in [0.05, 0.1) is 27.9 Å². The SMILES string of the molecule is c1ccc(-c2nc3ccccc3c3c2cc(-n2c4ccccc4c4cc(-c5cccc6c5sc5ccccc56)ccc42)c2oc4ccccc4c23)cc1. The molecule has 12 aromatic rings. The van der Waals surface area contributed by atoms with E-state index in [0.29, 0.717) is 0 Å². The molecule has 12 rings (SSSR count). The van der Waals surface area contributed by atoms with Gasteiger partial charge in [0.15, 0.2) is 5.58 Å². The van der Waals surface area contributed by atoms with E-state index in [4.69, 9.17) is 9.40 Å². The Kier molecular flexibility index (Phi) is 5.93. The van der Waals surface area contributed by atoms with Crippen LogP contribution in [0.1, 0.15) is 0 Å². The number of pyridine rings is 1. The second-order valence-corrected chi connectivity index (χ2v) is 14.9. The van der Waals surface area contributed by atoms with Crippen molar-refractivity contribution >= 4 is 96.9 Å². The molecule has 4 heteroatoms. The molecule has 0 amide bonds. The number of hydrogen-bond acceptors (Lipinski definition) is 3. The van der Waals surface area contributed by atoms with Gasteiger partial charge in [0.1, 0.15) is 5.58 Å². The Morgan fingerprint density at radius 3 is 2.09 bits per heavy atom. The van der Waals surface area contributed by atoms with Crippen molar-refractivity contribution in [1.29, 1.82) is 0 Å². The Labute approximate surface area is 307 Å². The molecule has 0 saturated carbocycles. The van der Waals surface area contributed by atoms with E-state index in [9.17, 15) is 0 Å². The van der Waals surface area contributed by atoms with Gasteiger partial charge in [-0.05, 0) is 53.6 Å². The lowest BCUT2D eigenvalue weighted by atomic mass is 9.95. The number of hydrogen-bond donors (Lipinski definition) is 0. The lowest BCUT2D eigenvalue weighted by Crippen LogP contribution is -1.97. The molecular weight excluding hydrogens is 665 g/mol. The number of benzene rings is 8. The van der Waals surface area contributed by atoms with Crippen LogP contribution in [0.15, 0.2) is 174 Å². The quantitative estimate of drug-likeness (QED) is 0.173. The summed E-state index contributed by atoms with van der Waals surface area (Å²) in [5.74, 6) is 0. The molecule has 4 heterocycles. The lowest BCUT2D eigenvalue weighted by molar-refractivity contribution is 0.666. The second kappa shape index (κ2) is 10.9. The van der Waals surface area contributed by atoms with Crippen LogP contribution in [0.5, 0.6) is 0 Å². The van der Waals surface area contributed by atoms with E-state index in [-0.39, 0.29) is 0 Å². The van der Waals surface area contributed by atoms with Crippen LogP contribution in [0.3, 0.4) is 0 Å². The highest BCUT2D eigenvalue weighted by Crippen LogP contribution is 2.47. The predicted octanol–water partition coefficient (Wildman–Crippen LogP) is 14.1. The monoisotopic (exact) mass is 692 g/mol. The third-order valence-corrected chi connectivity index (χ3v) is 12.2. The third-order valence-electron chi connectivity index (χ3n) is 11.0. The Bertz CT molecular complexity index is 3460. The van der Waals surface area contributed by atoms with Crippen molar-refractivity contribution in [3.8, 4) is 28.1 Å². The minimum Gasteiger partial charge on any atom is -0.454 e. The van der Waals surface area contributed by atoms with Crippen LogP contribution < -0.4 is 0 Å². The average Bonchev–Trinajstić information content (AvgIpc) is 3.90. The summed E-state index contributed by atoms with van der Waals surface area (Å²) >= 11 is 1.88. The van der Waals surface area contributed by atoms with Gasteiger partial charge < -0.3 is 8.98 Å². The molecule has 3 nitrogen and oxygen atoms in total. The molecule has 246 valence electrons. The summed E-state index contributed by atoms with van der Waals surface area (Å²) in [4.78, 5) is 5.34. The zero-order valence-electron chi connectivity index (χ0n) is 28.4.